The normalized spacial score (nSPS) is 12.2. The summed E-state index contributed by atoms with van der Waals surface area (Å²) in [5, 5.41) is 2.89. The summed E-state index contributed by atoms with van der Waals surface area (Å²) in [5.41, 5.74) is 2.24. The molecule has 0 heterocycles. The molecule has 0 aromatic heterocycles. The third-order valence-electron chi connectivity index (χ3n) is 2.52. The Balaban J connectivity index is 2.43. The van der Waals surface area contributed by atoms with Crippen LogP contribution in [-0.2, 0) is 11.2 Å². The largest absolute Gasteiger partial charge is 0.356 e. The molecule has 0 aliphatic rings. The van der Waals surface area contributed by atoms with Gasteiger partial charge in [0.2, 0.25) is 5.91 Å². The third-order valence-corrected chi connectivity index (χ3v) is 3.05. The van der Waals surface area contributed by atoms with Gasteiger partial charge in [-0.1, -0.05) is 31.2 Å². The van der Waals surface area contributed by atoms with Gasteiger partial charge < -0.3 is 5.32 Å². The second-order valence-corrected chi connectivity index (χ2v) is 4.48. The molecule has 2 nitrogen and oxygen atoms in total. The van der Waals surface area contributed by atoms with E-state index in [2.05, 4.69) is 5.32 Å². The van der Waals surface area contributed by atoms with Crippen LogP contribution in [-0.4, -0.2) is 18.3 Å². The molecule has 0 aliphatic heterocycles. The number of halogens is 1. The van der Waals surface area contributed by atoms with Gasteiger partial charge in [0.1, 0.15) is 0 Å². The molecule has 1 aromatic carbocycles. The Labute approximate surface area is 102 Å². The highest BCUT2D eigenvalue weighted by Crippen LogP contribution is 2.07. The van der Waals surface area contributed by atoms with Gasteiger partial charge in [0.05, 0.1) is 6.42 Å². The van der Waals surface area contributed by atoms with Crippen molar-refractivity contribution in [2.24, 2.45) is 5.92 Å². The lowest BCUT2D eigenvalue weighted by Gasteiger charge is -2.10. The van der Waals surface area contributed by atoms with E-state index < -0.39 is 0 Å². The molecule has 0 saturated carbocycles. The molecule has 1 atom stereocenters. The lowest BCUT2D eigenvalue weighted by molar-refractivity contribution is -0.120. The second kappa shape index (κ2) is 6.54. The van der Waals surface area contributed by atoms with E-state index in [0.717, 1.165) is 11.1 Å². The second-order valence-electron chi connectivity index (χ2n) is 4.17. The number of hydrogen-bond donors (Lipinski definition) is 1. The predicted molar refractivity (Wildman–Crippen MR) is 67.8 cm³/mol. The summed E-state index contributed by atoms with van der Waals surface area (Å²) >= 11 is 5.67. The fraction of sp³-hybridized carbons (Fsp3) is 0.462. The van der Waals surface area contributed by atoms with Crippen molar-refractivity contribution < 1.29 is 4.79 Å². The lowest BCUT2D eigenvalue weighted by atomic mass is 10.1. The van der Waals surface area contributed by atoms with Crippen molar-refractivity contribution in [1.82, 2.24) is 5.32 Å². The molecule has 0 radical (unpaired) electrons. The number of alkyl halides is 1. The van der Waals surface area contributed by atoms with Crippen molar-refractivity contribution in [2.45, 2.75) is 20.3 Å². The zero-order valence-electron chi connectivity index (χ0n) is 9.79. The van der Waals surface area contributed by atoms with Crippen LogP contribution in [0.1, 0.15) is 18.1 Å². The highest BCUT2D eigenvalue weighted by Gasteiger charge is 2.06. The Bertz CT molecular complexity index is 352. The smallest absolute Gasteiger partial charge is 0.224 e. The zero-order valence-corrected chi connectivity index (χ0v) is 10.6. The number of benzene rings is 1. The van der Waals surface area contributed by atoms with Crippen molar-refractivity contribution in [3.8, 4) is 0 Å². The summed E-state index contributed by atoms with van der Waals surface area (Å²) in [7, 11) is 0. The van der Waals surface area contributed by atoms with E-state index in [0.29, 0.717) is 24.8 Å². The van der Waals surface area contributed by atoms with Crippen LogP contribution in [0.15, 0.2) is 24.3 Å². The third kappa shape index (κ3) is 4.23. The van der Waals surface area contributed by atoms with E-state index in [9.17, 15) is 4.79 Å². The van der Waals surface area contributed by atoms with Crippen LogP contribution < -0.4 is 5.32 Å². The molecule has 0 fully saturated rings. The van der Waals surface area contributed by atoms with Crippen LogP contribution in [0.25, 0.3) is 0 Å². The first-order chi connectivity index (χ1) is 7.63. The van der Waals surface area contributed by atoms with Crippen LogP contribution in [0.2, 0.25) is 0 Å². The minimum atomic E-state index is 0.0614. The number of aryl methyl sites for hydroxylation is 1. The van der Waals surface area contributed by atoms with Gasteiger partial charge in [-0.2, -0.15) is 0 Å². The van der Waals surface area contributed by atoms with Gasteiger partial charge in [-0.3, -0.25) is 4.79 Å². The van der Waals surface area contributed by atoms with Gasteiger partial charge in [-0.25, -0.2) is 0 Å². The molecular weight excluding hydrogens is 222 g/mol. The number of carbonyl (C=O) groups excluding carboxylic acids is 1. The first kappa shape index (κ1) is 13.0. The maximum absolute atomic E-state index is 11.6. The van der Waals surface area contributed by atoms with Gasteiger partial charge in [0.15, 0.2) is 0 Å². The average molecular weight is 240 g/mol. The highest BCUT2D eigenvalue weighted by atomic mass is 35.5. The summed E-state index contributed by atoms with van der Waals surface area (Å²) in [6.07, 6.45) is 0.446. The Morgan fingerprint density at radius 2 is 2.12 bits per heavy atom. The van der Waals surface area contributed by atoms with E-state index in [1.807, 2.05) is 38.1 Å². The fourth-order valence-electron chi connectivity index (χ4n) is 1.39. The molecule has 1 rings (SSSR count). The van der Waals surface area contributed by atoms with Crippen molar-refractivity contribution >= 4 is 17.5 Å². The zero-order chi connectivity index (χ0) is 12.0. The van der Waals surface area contributed by atoms with Crippen molar-refractivity contribution in [3.05, 3.63) is 35.4 Å². The monoisotopic (exact) mass is 239 g/mol. The molecule has 88 valence electrons. The summed E-state index contributed by atoms with van der Waals surface area (Å²) in [4.78, 5) is 11.6. The van der Waals surface area contributed by atoms with Crippen LogP contribution in [0.5, 0.6) is 0 Å². The maximum Gasteiger partial charge on any atom is 0.224 e. The molecular formula is C13H18ClNO. The van der Waals surface area contributed by atoms with E-state index in [1.165, 1.54) is 0 Å². The molecule has 0 spiro atoms. The quantitative estimate of drug-likeness (QED) is 0.787. The summed E-state index contributed by atoms with van der Waals surface area (Å²) in [6, 6.07) is 7.94. The van der Waals surface area contributed by atoms with E-state index in [-0.39, 0.29) is 5.91 Å². The number of carbonyl (C=O) groups is 1. The Hall–Kier alpha value is -1.02. The van der Waals surface area contributed by atoms with Gasteiger partial charge in [-0.15, -0.1) is 11.6 Å². The first-order valence-electron chi connectivity index (χ1n) is 5.50. The minimum Gasteiger partial charge on any atom is -0.356 e. The average Bonchev–Trinajstić information content (AvgIpc) is 2.29. The molecule has 0 aliphatic carbocycles. The van der Waals surface area contributed by atoms with E-state index >= 15 is 0 Å². The Morgan fingerprint density at radius 3 is 2.75 bits per heavy atom. The van der Waals surface area contributed by atoms with Gasteiger partial charge >= 0.3 is 0 Å². The van der Waals surface area contributed by atoms with Crippen LogP contribution in [0.4, 0.5) is 0 Å². The predicted octanol–water partition coefficient (Wildman–Crippen LogP) is 2.53. The first-order valence-corrected chi connectivity index (χ1v) is 6.04. The highest BCUT2D eigenvalue weighted by molar-refractivity contribution is 6.18. The van der Waals surface area contributed by atoms with Gasteiger partial charge in [0, 0.05) is 12.4 Å². The number of rotatable bonds is 5. The fourth-order valence-corrected chi connectivity index (χ4v) is 1.50. The molecule has 1 aromatic rings. The summed E-state index contributed by atoms with van der Waals surface area (Å²) in [6.45, 7) is 4.68. The SMILES string of the molecule is Cc1ccccc1CC(=O)NCC(C)CCl. The molecule has 3 heteroatoms. The summed E-state index contributed by atoms with van der Waals surface area (Å²) < 4.78 is 0. The Morgan fingerprint density at radius 1 is 1.44 bits per heavy atom. The summed E-state index contributed by atoms with van der Waals surface area (Å²) in [5.74, 6) is 0.957. The lowest BCUT2D eigenvalue weighted by Crippen LogP contribution is -2.30. The number of amides is 1. The molecule has 1 amide bonds. The van der Waals surface area contributed by atoms with Crippen molar-refractivity contribution in [1.29, 1.82) is 0 Å². The number of nitrogens with one attached hydrogen (secondary N) is 1. The molecule has 1 N–H and O–H groups in total. The molecule has 0 bridgehead atoms. The van der Waals surface area contributed by atoms with E-state index in [1.54, 1.807) is 0 Å². The van der Waals surface area contributed by atoms with Crippen molar-refractivity contribution in [3.63, 3.8) is 0 Å². The minimum absolute atomic E-state index is 0.0614. The molecule has 16 heavy (non-hydrogen) atoms. The van der Waals surface area contributed by atoms with Crippen LogP contribution >= 0.6 is 11.6 Å². The van der Waals surface area contributed by atoms with Crippen LogP contribution in [0, 0.1) is 12.8 Å². The van der Waals surface area contributed by atoms with E-state index in [4.69, 9.17) is 11.6 Å². The Kier molecular flexibility index (Phi) is 5.33. The van der Waals surface area contributed by atoms with Gasteiger partial charge in [0.25, 0.3) is 0 Å². The molecule has 0 saturated heterocycles. The number of hydrogen-bond acceptors (Lipinski definition) is 1. The van der Waals surface area contributed by atoms with Crippen LogP contribution in [0.3, 0.4) is 0 Å². The molecule has 1 unspecified atom stereocenters. The standard InChI is InChI=1S/C13H18ClNO/c1-10(8-14)9-15-13(16)7-12-6-4-3-5-11(12)2/h3-6,10H,7-9H2,1-2H3,(H,15,16). The topological polar surface area (TPSA) is 29.1 Å². The van der Waals surface area contributed by atoms with Gasteiger partial charge in [-0.05, 0) is 24.0 Å². The van der Waals surface area contributed by atoms with Crippen molar-refractivity contribution in [2.75, 3.05) is 12.4 Å². The maximum atomic E-state index is 11.6.